The minimum Gasteiger partial charge on any atom is -0.494 e. The fraction of sp³-hybridized carbons (Fsp3) is 0.267. The normalized spacial score (nSPS) is 14.7. The summed E-state index contributed by atoms with van der Waals surface area (Å²) in [5.41, 5.74) is 9.18. The number of esters is 1. The molecule has 0 fully saturated rings. The molecule has 1 aliphatic heterocycles. The molecule has 1 unspecified atom stereocenters. The SMILES string of the molecule is CCOc1cccc(C2C(C#N)=C(N)Oc3cc(OC(=O)COc4ccc(C(C)(C)C)cc4)ccc32)c1. The molecule has 190 valence electrons. The topological polar surface area (TPSA) is 104 Å². The highest BCUT2D eigenvalue weighted by atomic mass is 16.6. The van der Waals surface area contributed by atoms with Crippen molar-refractivity contribution in [1.82, 2.24) is 0 Å². The highest BCUT2D eigenvalue weighted by molar-refractivity contribution is 5.74. The van der Waals surface area contributed by atoms with Crippen LogP contribution in [-0.4, -0.2) is 19.2 Å². The van der Waals surface area contributed by atoms with E-state index in [4.69, 9.17) is 24.7 Å². The summed E-state index contributed by atoms with van der Waals surface area (Å²) in [7, 11) is 0. The summed E-state index contributed by atoms with van der Waals surface area (Å²) in [6.45, 7) is 8.58. The van der Waals surface area contributed by atoms with E-state index in [0.717, 1.165) is 11.1 Å². The predicted octanol–water partition coefficient (Wildman–Crippen LogP) is 5.59. The lowest BCUT2D eigenvalue weighted by Gasteiger charge is -2.27. The Morgan fingerprint density at radius 1 is 1.00 bits per heavy atom. The number of hydrogen-bond donors (Lipinski definition) is 1. The molecular weight excluding hydrogens is 468 g/mol. The number of nitriles is 1. The van der Waals surface area contributed by atoms with Crippen LogP contribution in [0.2, 0.25) is 0 Å². The molecule has 0 bridgehead atoms. The lowest BCUT2D eigenvalue weighted by atomic mass is 9.83. The third kappa shape index (κ3) is 5.87. The number of rotatable bonds is 7. The molecule has 3 aromatic carbocycles. The van der Waals surface area contributed by atoms with Crippen molar-refractivity contribution in [3.63, 3.8) is 0 Å². The van der Waals surface area contributed by atoms with Crippen LogP contribution in [0, 0.1) is 11.3 Å². The summed E-state index contributed by atoms with van der Waals surface area (Å²) < 4.78 is 22.4. The van der Waals surface area contributed by atoms with Crippen LogP contribution in [0.5, 0.6) is 23.0 Å². The molecule has 7 nitrogen and oxygen atoms in total. The van der Waals surface area contributed by atoms with E-state index in [-0.39, 0.29) is 23.7 Å². The molecule has 7 heteroatoms. The fourth-order valence-corrected chi connectivity index (χ4v) is 4.15. The molecule has 37 heavy (non-hydrogen) atoms. The molecule has 1 atom stereocenters. The zero-order valence-corrected chi connectivity index (χ0v) is 21.4. The van der Waals surface area contributed by atoms with Gasteiger partial charge in [-0.3, -0.25) is 0 Å². The minimum atomic E-state index is -0.558. The number of fused-ring (bicyclic) bond motifs is 1. The van der Waals surface area contributed by atoms with Crippen molar-refractivity contribution in [2.24, 2.45) is 5.73 Å². The molecule has 4 rings (SSSR count). The summed E-state index contributed by atoms with van der Waals surface area (Å²) >= 11 is 0. The second kappa shape index (κ2) is 10.7. The minimum absolute atomic E-state index is 0.00678. The maximum Gasteiger partial charge on any atom is 0.349 e. The Morgan fingerprint density at radius 2 is 1.73 bits per heavy atom. The molecule has 0 aromatic heterocycles. The number of nitrogens with zero attached hydrogens (tertiary/aromatic N) is 1. The van der Waals surface area contributed by atoms with E-state index in [1.807, 2.05) is 55.5 Å². The second-order valence-corrected chi connectivity index (χ2v) is 9.67. The Labute approximate surface area is 217 Å². The highest BCUT2D eigenvalue weighted by Gasteiger charge is 2.31. The molecule has 2 N–H and O–H groups in total. The van der Waals surface area contributed by atoms with Gasteiger partial charge in [-0.05, 0) is 53.8 Å². The van der Waals surface area contributed by atoms with Gasteiger partial charge in [-0.2, -0.15) is 5.26 Å². The van der Waals surface area contributed by atoms with Gasteiger partial charge >= 0.3 is 5.97 Å². The van der Waals surface area contributed by atoms with Crippen LogP contribution in [-0.2, 0) is 10.2 Å². The van der Waals surface area contributed by atoms with Gasteiger partial charge in [0.05, 0.1) is 12.5 Å². The Balaban J connectivity index is 1.50. The van der Waals surface area contributed by atoms with E-state index in [2.05, 4.69) is 26.8 Å². The third-order valence-electron chi connectivity index (χ3n) is 6.00. The number of carbonyl (C=O) groups is 1. The van der Waals surface area contributed by atoms with Crippen LogP contribution in [0.4, 0.5) is 0 Å². The van der Waals surface area contributed by atoms with Gasteiger partial charge in [0.25, 0.3) is 0 Å². The van der Waals surface area contributed by atoms with E-state index < -0.39 is 11.9 Å². The number of carbonyl (C=O) groups excluding carboxylic acids is 1. The molecule has 1 aliphatic rings. The summed E-state index contributed by atoms with van der Waals surface area (Å²) in [6, 6.07) is 22.3. The third-order valence-corrected chi connectivity index (χ3v) is 6.00. The first-order chi connectivity index (χ1) is 17.7. The van der Waals surface area contributed by atoms with Gasteiger partial charge in [0.2, 0.25) is 5.88 Å². The number of allylic oxidation sites excluding steroid dienone is 1. The summed E-state index contributed by atoms with van der Waals surface area (Å²) in [5.74, 6) is 0.974. The van der Waals surface area contributed by atoms with Crippen molar-refractivity contribution in [3.8, 4) is 29.1 Å². The van der Waals surface area contributed by atoms with E-state index in [1.165, 1.54) is 5.56 Å². The van der Waals surface area contributed by atoms with Crippen molar-refractivity contribution in [3.05, 3.63) is 94.9 Å². The molecule has 3 aromatic rings. The maximum atomic E-state index is 12.4. The first kappa shape index (κ1) is 25.6. The van der Waals surface area contributed by atoms with Crippen molar-refractivity contribution in [1.29, 1.82) is 5.26 Å². The standard InChI is InChI=1S/C30H30N2O5/c1-5-34-22-8-6-7-19(15-22)28-24-14-13-23(16-26(24)37-29(32)25(28)17-31)36-27(33)18-35-21-11-9-20(10-12-21)30(2,3)4/h6-16,28H,5,18,32H2,1-4H3. The highest BCUT2D eigenvalue weighted by Crippen LogP contribution is 2.44. The van der Waals surface area contributed by atoms with Crippen molar-refractivity contribution < 1.29 is 23.7 Å². The number of hydrogen-bond acceptors (Lipinski definition) is 7. The van der Waals surface area contributed by atoms with Gasteiger partial charge < -0.3 is 24.7 Å². The van der Waals surface area contributed by atoms with Crippen molar-refractivity contribution >= 4 is 5.97 Å². The molecule has 0 spiro atoms. The summed E-state index contributed by atoms with van der Waals surface area (Å²) in [5, 5.41) is 9.79. The van der Waals surface area contributed by atoms with Crippen LogP contribution in [0.15, 0.2) is 78.2 Å². The van der Waals surface area contributed by atoms with Crippen LogP contribution < -0.4 is 24.7 Å². The molecule has 0 aliphatic carbocycles. The van der Waals surface area contributed by atoms with Gasteiger partial charge in [0, 0.05) is 11.6 Å². The Morgan fingerprint density at radius 3 is 2.41 bits per heavy atom. The first-order valence-electron chi connectivity index (χ1n) is 12.1. The Hall–Kier alpha value is -4.44. The largest absolute Gasteiger partial charge is 0.494 e. The second-order valence-electron chi connectivity index (χ2n) is 9.67. The van der Waals surface area contributed by atoms with E-state index in [0.29, 0.717) is 29.4 Å². The van der Waals surface area contributed by atoms with Crippen LogP contribution in [0.1, 0.15) is 50.3 Å². The Bertz CT molecular complexity index is 1360. The summed E-state index contributed by atoms with van der Waals surface area (Å²) in [4.78, 5) is 12.4. The zero-order chi connectivity index (χ0) is 26.6. The van der Waals surface area contributed by atoms with Gasteiger partial charge in [0.1, 0.15) is 34.6 Å². The Kier molecular flexibility index (Phi) is 7.40. The lowest BCUT2D eigenvalue weighted by molar-refractivity contribution is -0.136. The number of benzene rings is 3. The molecule has 0 amide bonds. The quantitative estimate of drug-likeness (QED) is 0.335. The van der Waals surface area contributed by atoms with Crippen molar-refractivity contribution in [2.75, 3.05) is 13.2 Å². The first-order valence-corrected chi connectivity index (χ1v) is 12.1. The maximum absolute atomic E-state index is 12.4. The van der Waals surface area contributed by atoms with E-state index >= 15 is 0 Å². The van der Waals surface area contributed by atoms with Crippen LogP contribution >= 0.6 is 0 Å². The van der Waals surface area contributed by atoms with Crippen LogP contribution in [0.25, 0.3) is 0 Å². The van der Waals surface area contributed by atoms with Crippen LogP contribution in [0.3, 0.4) is 0 Å². The number of nitrogens with two attached hydrogens (primary N) is 1. The monoisotopic (exact) mass is 498 g/mol. The average Bonchev–Trinajstić information content (AvgIpc) is 2.86. The smallest absolute Gasteiger partial charge is 0.349 e. The summed E-state index contributed by atoms with van der Waals surface area (Å²) in [6.07, 6.45) is 0. The predicted molar refractivity (Wildman–Crippen MR) is 140 cm³/mol. The molecule has 0 saturated carbocycles. The fourth-order valence-electron chi connectivity index (χ4n) is 4.15. The number of ether oxygens (including phenoxy) is 4. The molecule has 0 saturated heterocycles. The van der Waals surface area contributed by atoms with Gasteiger partial charge in [-0.1, -0.05) is 51.1 Å². The van der Waals surface area contributed by atoms with Gasteiger partial charge in [0.15, 0.2) is 6.61 Å². The lowest BCUT2D eigenvalue weighted by Crippen LogP contribution is -2.21. The van der Waals surface area contributed by atoms with E-state index in [9.17, 15) is 10.1 Å². The van der Waals surface area contributed by atoms with Crippen molar-refractivity contribution in [2.45, 2.75) is 39.0 Å². The van der Waals surface area contributed by atoms with E-state index in [1.54, 1.807) is 18.2 Å². The molecule has 0 radical (unpaired) electrons. The zero-order valence-electron chi connectivity index (χ0n) is 21.4. The molecular formula is C30H30N2O5. The molecule has 1 heterocycles. The van der Waals surface area contributed by atoms with Gasteiger partial charge in [-0.25, -0.2) is 4.79 Å². The average molecular weight is 499 g/mol. The van der Waals surface area contributed by atoms with Gasteiger partial charge in [-0.15, -0.1) is 0 Å².